The average molecular weight is 405 g/mol. The largest absolute Gasteiger partial charge is 0.467 e. The molecule has 3 aromatic rings. The second-order valence-electron chi connectivity index (χ2n) is 7.65. The van der Waals surface area contributed by atoms with Crippen molar-refractivity contribution in [3.05, 3.63) is 65.6 Å². The number of hydrogen-bond acceptors (Lipinski definition) is 4. The van der Waals surface area contributed by atoms with Crippen LogP contribution in [0.3, 0.4) is 0 Å². The Morgan fingerprint density at radius 2 is 1.79 bits per heavy atom. The first-order chi connectivity index (χ1) is 13.0. The van der Waals surface area contributed by atoms with Crippen LogP contribution in [-0.4, -0.2) is 18.2 Å². The number of aromatic nitrogens is 2. The molecule has 0 radical (unpaired) electrons. The first kappa shape index (κ1) is 20.1. The molecule has 0 unspecified atom stereocenters. The van der Waals surface area contributed by atoms with Gasteiger partial charge in [-0.1, -0.05) is 0 Å². The van der Waals surface area contributed by atoms with Gasteiger partial charge in [0.2, 0.25) is 0 Å². The van der Waals surface area contributed by atoms with Crippen molar-refractivity contribution >= 4 is 15.7 Å². The zero-order chi connectivity index (χ0) is 20.7. The van der Waals surface area contributed by atoms with E-state index in [2.05, 4.69) is 5.10 Å². The zero-order valence-electron chi connectivity index (χ0n) is 16.6. The summed E-state index contributed by atoms with van der Waals surface area (Å²) in [6, 6.07) is 8.74. The van der Waals surface area contributed by atoms with Crippen LogP contribution >= 0.6 is 0 Å². The number of anilines is 1. The minimum Gasteiger partial charge on any atom is -0.467 e. The molecule has 0 saturated carbocycles. The van der Waals surface area contributed by atoms with Gasteiger partial charge in [0.05, 0.1) is 35.4 Å². The van der Waals surface area contributed by atoms with Crippen molar-refractivity contribution in [2.45, 2.75) is 51.6 Å². The maximum atomic E-state index is 13.7. The molecule has 0 amide bonds. The van der Waals surface area contributed by atoms with Gasteiger partial charge in [-0.15, -0.1) is 0 Å². The number of benzene rings is 1. The molecule has 3 rings (SSSR count). The molecule has 8 heteroatoms. The van der Waals surface area contributed by atoms with E-state index >= 15 is 0 Å². The van der Waals surface area contributed by atoms with Crippen molar-refractivity contribution in [1.82, 2.24) is 9.78 Å². The van der Waals surface area contributed by atoms with E-state index in [1.54, 1.807) is 30.7 Å². The van der Waals surface area contributed by atoms with Crippen LogP contribution in [0.1, 0.15) is 37.9 Å². The van der Waals surface area contributed by atoms with E-state index in [1.165, 1.54) is 34.8 Å². The van der Waals surface area contributed by atoms with Crippen molar-refractivity contribution < 1.29 is 17.2 Å². The fourth-order valence-corrected chi connectivity index (χ4v) is 5.02. The third-order valence-electron chi connectivity index (χ3n) is 4.40. The Labute approximate surface area is 164 Å². The highest BCUT2D eigenvalue weighted by Crippen LogP contribution is 2.31. The summed E-state index contributed by atoms with van der Waals surface area (Å²) >= 11 is 0. The van der Waals surface area contributed by atoms with E-state index < -0.39 is 15.8 Å². The van der Waals surface area contributed by atoms with Crippen LogP contribution in [0.4, 0.5) is 10.1 Å². The average Bonchev–Trinajstić information content (AvgIpc) is 3.21. The van der Waals surface area contributed by atoms with E-state index in [1.807, 2.05) is 20.8 Å². The normalized spacial score (nSPS) is 12.4. The van der Waals surface area contributed by atoms with E-state index in [4.69, 9.17) is 4.42 Å². The van der Waals surface area contributed by atoms with Gasteiger partial charge in [0, 0.05) is 0 Å². The van der Waals surface area contributed by atoms with Crippen LogP contribution in [0.25, 0.3) is 0 Å². The van der Waals surface area contributed by atoms with Crippen molar-refractivity contribution in [3.63, 3.8) is 0 Å². The Kier molecular flexibility index (Phi) is 5.10. The fraction of sp³-hybridized carbons (Fsp3) is 0.350. The highest BCUT2D eigenvalue weighted by molar-refractivity contribution is 7.92. The molecule has 1 aromatic carbocycles. The molecule has 28 heavy (non-hydrogen) atoms. The number of rotatable bonds is 5. The molecule has 0 aliphatic rings. The second-order valence-corrected chi connectivity index (χ2v) is 9.45. The van der Waals surface area contributed by atoms with E-state index in [9.17, 15) is 12.8 Å². The molecule has 0 fully saturated rings. The summed E-state index contributed by atoms with van der Waals surface area (Å²) in [4.78, 5) is 0.151. The molecular weight excluding hydrogens is 381 g/mol. The van der Waals surface area contributed by atoms with Gasteiger partial charge in [-0.25, -0.2) is 12.8 Å². The van der Waals surface area contributed by atoms with Crippen LogP contribution in [0.15, 0.2) is 52.0 Å². The summed E-state index contributed by atoms with van der Waals surface area (Å²) in [5.74, 6) is 0.0402. The van der Waals surface area contributed by atoms with Gasteiger partial charge in [-0.05, 0) is 71.0 Å². The summed E-state index contributed by atoms with van der Waals surface area (Å²) in [7, 11) is -3.98. The van der Waals surface area contributed by atoms with Crippen LogP contribution < -0.4 is 4.31 Å². The summed E-state index contributed by atoms with van der Waals surface area (Å²) < 4.78 is 49.0. The lowest BCUT2D eigenvalue weighted by molar-refractivity contribution is 0.345. The Bertz CT molecular complexity index is 1060. The number of hydrogen-bond donors (Lipinski definition) is 0. The first-order valence-corrected chi connectivity index (χ1v) is 10.3. The number of halogens is 1. The molecular formula is C20H24FN3O3S. The molecule has 2 heterocycles. The van der Waals surface area contributed by atoms with Gasteiger partial charge in [0.15, 0.2) is 0 Å². The SMILES string of the molecule is Cc1nn(C(C)(C)C)c(C)c1S(=O)(=O)N(Cc1ccco1)c1ccc(F)cc1. The standard InChI is InChI=1S/C20H24FN3O3S/c1-14-19(15(2)24(22-14)20(3,4)5)28(25,26)23(13-18-7-6-12-27-18)17-10-8-16(21)9-11-17/h6-12H,13H2,1-5H3. The topological polar surface area (TPSA) is 68.3 Å². The fourth-order valence-electron chi connectivity index (χ4n) is 3.23. The summed E-state index contributed by atoms with van der Waals surface area (Å²) in [5.41, 5.74) is 0.945. The minimum absolute atomic E-state index is 0.0133. The van der Waals surface area contributed by atoms with Crippen LogP contribution in [0, 0.1) is 19.7 Å². The van der Waals surface area contributed by atoms with Gasteiger partial charge < -0.3 is 4.42 Å². The molecule has 0 spiro atoms. The van der Waals surface area contributed by atoms with Crippen LogP contribution in [0.5, 0.6) is 0 Å². The zero-order valence-corrected chi connectivity index (χ0v) is 17.4. The lowest BCUT2D eigenvalue weighted by Gasteiger charge is -2.25. The van der Waals surface area contributed by atoms with Gasteiger partial charge in [-0.3, -0.25) is 8.99 Å². The molecule has 6 nitrogen and oxygen atoms in total. The van der Waals surface area contributed by atoms with Gasteiger partial charge in [-0.2, -0.15) is 5.10 Å². The number of nitrogens with zero attached hydrogens (tertiary/aromatic N) is 3. The maximum absolute atomic E-state index is 13.7. The smallest absolute Gasteiger partial charge is 0.268 e. The van der Waals surface area contributed by atoms with Gasteiger partial charge >= 0.3 is 0 Å². The van der Waals surface area contributed by atoms with Gasteiger partial charge in [0.25, 0.3) is 10.0 Å². The summed E-state index contributed by atoms with van der Waals surface area (Å²) in [6.45, 7) is 9.29. The molecule has 2 aromatic heterocycles. The number of sulfonamides is 1. The molecule has 0 N–H and O–H groups in total. The van der Waals surface area contributed by atoms with E-state index in [0.29, 0.717) is 22.8 Å². The van der Waals surface area contributed by atoms with Crippen molar-refractivity contribution in [3.8, 4) is 0 Å². The molecule has 150 valence electrons. The van der Waals surface area contributed by atoms with Crippen molar-refractivity contribution in [1.29, 1.82) is 0 Å². The van der Waals surface area contributed by atoms with E-state index in [-0.39, 0.29) is 17.0 Å². The lowest BCUT2D eigenvalue weighted by atomic mass is 10.1. The minimum atomic E-state index is -3.98. The maximum Gasteiger partial charge on any atom is 0.268 e. The lowest BCUT2D eigenvalue weighted by Crippen LogP contribution is -2.31. The van der Waals surface area contributed by atoms with Crippen molar-refractivity contribution in [2.75, 3.05) is 4.31 Å². The highest BCUT2D eigenvalue weighted by atomic mass is 32.2. The Hall–Kier alpha value is -2.61. The molecule has 0 saturated heterocycles. The summed E-state index contributed by atoms with van der Waals surface area (Å²) in [6.07, 6.45) is 1.49. The Morgan fingerprint density at radius 3 is 2.29 bits per heavy atom. The van der Waals surface area contributed by atoms with Crippen molar-refractivity contribution in [2.24, 2.45) is 0 Å². The van der Waals surface area contributed by atoms with Crippen LogP contribution in [0.2, 0.25) is 0 Å². The predicted molar refractivity (Wildman–Crippen MR) is 105 cm³/mol. The monoisotopic (exact) mass is 405 g/mol. The molecule has 0 aliphatic heterocycles. The Balaban J connectivity index is 2.16. The quantitative estimate of drug-likeness (QED) is 0.632. The Morgan fingerprint density at radius 1 is 1.14 bits per heavy atom. The third kappa shape index (κ3) is 3.69. The van der Waals surface area contributed by atoms with Gasteiger partial charge in [0.1, 0.15) is 16.5 Å². The van der Waals surface area contributed by atoms with Crippen LogP contribution in [-0.2, 0) is 22.1 Å². The molecule has 0 bridgehead atoms. The second kappa shape index (κ2) is 7.09. The summed E-state index contributed by atoms with van der Waals surface area (Å²) in [5, 5.41) is 4.46. The number of aryl methyl sites for hydroxylation is 1. The number of furan rings is 1. The molecule has 0 aliphatic carbocycles. The predicted octanol–water partition coefficient (Wildman–Crippen LogP) is 4.38. The third-order valence-corrected chi connectivity index (χ3v) is 6.43. The highest BCUT2D eigenvalue weighted by Gasteiger charge is 2.34. The first-order valence-electron chi connectivity index (χ1n) is 8.89. The van der Waals surface area contributed by atoms with E-state index in [0.717, 1.165) is 0 Å². The molecule has 0 atom stereocenters.